The Kier molecular flexibility index (Phi) is 3.21. The van der Waals surface area contributed by atoms with Crippen LogP contribution in [0.3, 0.4) is 0 Å². The van der Waals surface area contributed by atoms with Crippen LogP contribution in [0.15, 0.2) is 47.8 Å². The zero-order valence-corrected chi connectivity index (χ0v) is 14.6. The first-order chi connectivity index (χ1) is 12.1. The molecule has 0 radical (unpaired) electrons. The molecule has 0 bridgehead atoms. The minimum atomic E-state index is -0.180. The Morgan fingerprint density at radius 1 is 1.08 bits per heavy atom. The van der Waals surface area contributed by atoms with E-state index in [1.807, 2.05) is 24.3 Å². The zero-order chi connectivity index (χ0) is 17.1. The standard InChI is InChI=1S/C19H13Cl2N3O/c20-11-3-1-9(7-12(11)21)16-17-13(5-6-15(17)25)23-14-4-2-10-8-22-24-19(10)18(14)16/h1-4,7-8,16,23H,5-6H2,(H,22,24). The summed E-state index contributed by atoms with van der Waals surface area (Å²) < 4.78 is 0. The fraction of sp³-hybridized carbons (Fsp3) is 0.158. The molecule has 6 heteroatoms. The Bertz CT molecular complexity index is 1080. The average Bonchev–Trinajstić information content (AvgIpc) is 3.22. The molecule has 124 valence electrons. The lowest BCUT2D eigenvalue weighted by molar-refractivity contribution is -0.115. The molecule has 4 nitrogen and oxygen atoms in total. The summed E-state index contributed by atoms with van der Waals surface area (Å²) >= 11 is 12.4. The van der Waals surface area contributed by atoms with Gasteiger partial charge >= 0.3 is 0 Å². The van der Waals surface area contributed by atoms with Crippen LogP contribution in [-0.2, 0) is 4.79 Å². The van der Waals surface area contributed by atoms with Gasteiger partial charge < -0.3 is 5.32 Å². The van der Waals surface area contributed by atoms with E-state index in [1.165, 1.54) is 0 Å². The number of nitrogens with one attached hydrogen (secondary N) is 2. The molecular formula is C19H13Cl2N3O. The second kappa shape index (κ2) is 5.35. The van der Waals surface area contributed by atoms with E-state index in [0.29, 0.717) is 16.5 Å². The molecule has 2 heterocycles. The van der Waals surface area contributed by atoms with Crippen molar-refractivity contribution in [1.82, 2.24) is 10.2 Å². The summed E-state index contributed by atoms with van der Waals surface area (Å²) in [5.74, 6) is 0.000840. The van der Waals surface area contributed by atoms with Crippen LogP contribution in [0, 0.1) is 0 Å². The minimum absolute atomic E-state index is 0.180. The summed E-state index contributed by atoms with van der Waals surface area (Å²) in [4.78, 5) is 12.6. The first-order valence-corrected chi connectivity index (χ1v) is 8.83. The van der Waals surface area contributed by atoms with Crippen molar-refractivity contribution < 1.29 is 4.79 Å². The second-order valence-electron chi connectivity index (χ2n) is 6.41. The number of aromatic amines is 1. The Morgan fingerprint density at radius 3 is 2.80 bits per heavy atom. The zero-order valence-electron chi connectivity index (χ0n) is 13.1. The van der Waals surface area contributed by atoms with Gasteiger partial charge in [-0.3, -0.25) is 9.89 Å². The average molecular weight is 370 g/mol. The van der Waals surface area contributed by atoms with E-state index in [9.17, 15) is 4.79 Å². The number of benzene rings is 2. The quantitative estimate of drug-likeness (QED) is 0.631. The summed E-state index contributed by atoms with van der Waals surface area (Å²) in [5, 5.41) is 12.7. The van der Waals surface area contributed by atoms with E-state index in [-0.39, 0.29) is 11.7 Å². The number of fused-ring (bicyclic) bond motifs is 3. The smallest absolute Gasteiger partial charge is 0.161 e. The van der Waals surface area contributed by atoms with Crippen LogP contribution in [0.1, 0.15) is 29.9 Å². The number of hydrogen-bond acceptors (Lipinski definition) is 3. The van der Waals surface area contributed by atoms with Crippen molar-refractivity contribution >= 4 is 45.6 Å². The molecule has 1 aromatic heterocycles. The van der Waals surface area contributed by atoms with Gasteiger partial charge in [0.2, 0.25) is 0 Å². The van der Waals surface area contributed by atoms with Gasteiger partial charge in [-0.25, -0.2) is 0 Å². The number of nitrogens with zero attached hydrogens (tertiary/aromatic N) is 1. The molecule has 2 aliphatic rings. The first-order valence-electron chi connectivity index (χ1n) is 8.07. The SMILES string of the molecule is O=C1CCC2=C1C(c1ccc(Cl)c(Cl)c1)c1c(ccc3cn[nH]c13)N2. The predicted octanol–water partition coefficient (Wildman–Crippen LogP) is 5.04. The molecule has 2 aromatic carbocycles. The lowest BCUT2D eigenvalue weighted by Gasteiger charge is -2.29. The molecule has 0 amide bonds. The Balaban J connectivity index is 1.83. The van der Waals surface area contributed by atoms with Gasteiger partial charge in [0.1, 0.15) is 0 Å². The third kappa shape index (κ3) is 2.14. The van der Waals surface area contributed by atoms with Gasteiger partial charge in [-0.1, -0.05) is 29.3 Å². The van der Waals surface area contributed by atoms with Crippen LogP contribution in [0.4, 0.5) is 5.69 Å². The Labute approximate surface area is 153 Å². The number of halogens is 2. The molecule has 25 heavy (non-hydrogen) atoms. The van der Waals surface area contributed by atoms with Crippen LogP contribution < -0.4 is 5.32 Å². The molecule has 3 aromatic rings. The normalized spacial score (nSPS) is 19.1. The van der Waals surface area contributed by atoms with E-state index >= 15 is 0 Å². The lowest BCUT2D eigenvalue weighted by atomic mass is 9.80. The second-order valence-corrected chi connectivity index (χ2v) is 7.22. The maximum Gasteiger partial charge on any atom is 0.161 e. The highest BCUT2D eigenvalue weighted by atomic mass is 35.5. The van der Waals surface area contributed by atoms with E-state index in [1.54, 1.807) is 12.3 Å². The molecule has 5 rings (SSSR count). The number of aromatic nitrogens is 2. The molecule has 1 aliphatic carbocycles. The summed E-state index contributed by atoms with van der Waals surface area (Å²) in [6, 6.07) is 9.66. The fourth-order valence-corrected chi connectivity index (χ4v) is 4.22. The minimum Gasteiger partial charge on any atom is -0.358 e. The molecule has 1 unspecified atom stereocenters. The number of H-pyrrole nitrogens is 1. The summed E-state index contributed by atoms with van der Waals surface area (Å²) in [5.41, 5.74) is 5.76. The highest BCUT2D eigenvalue weighted by Gasteiger charge is 2.38. The van der Waals surface area contributed by atoms with Crippen molar-refractivity contribution in [1.29, 1.82) is 0 Å². The topological polar surface area (TPSA) is 57.8 Å². The number of carbonyl (C=O) groups excluding carboxylic acids is 1. The highest BCUT2D eigenvalue weighted by molar-refractivity contribution is 6.42. The van der Waals surface area contributed by atoms with Crippen molar-refractivity contribution in [3.05, 3.63) is 69.0 Å². The van der Waals surface area contributed by atoms with Gasteiger partial charge in [0, 0.05) is 40.2 Å². The number of rotatable bonds is 1. The highest BCUT2D eigenvalue weighted by Crippen LogP contribution is 2.48. The molecule has 0 spiro atoms. The summed E-state index contributed by atoms with van der Waals surface area (Å²) in [6.45, 7) is 0. The lowest BCUT2D eigenvalue weighted by Crippen LogP contribution is -2.19. The summed E-state index contributed by atoms with van der Waals surface area (Å²) in [7, 11) is 0. The predicted molar refractivity (Wildman–Crippen MR) is 99.3 cm³/mol. The van der Waals surface area contributed by atoms with Gasteiger partial charge in [0.05, 0.1) is 21.8 Å². The maximum absolute atomic E-state index is 12.6. The molecule has 0 saturated carbocycles. The molecule has 0 saturated heterocycles. The number of ketones is 1. The van der Waals surface area contributed by atoms with Crippen molar-refractivity contribution in [2.45, 2.75) is 18.8 Å². The monoisotopic (exact) mass is 369 g/mol. The molecule has 0 fully saturated rings. The first kappa shape index (κ1) is 15.0. The van der Waals surface area contributed by atoms with Crippen LogP contribution in [0.5, 0.6) is 0 Å². The molecule has 2 N–H and O–H groups in total. The van der Waals surface area contributed by atoms with Gasteiger partial charge in [-0.2, -0.15) is 5.10 Å². The third-order valence-corrected chi connectivity index (χ3v) is 5.76. The van der Waals surface area contributed by atoms with Gasteiger partial charge in [0.15, 0.2) is 5.78 Å². The Hall–Kier alpha value is -2.30. The van der Waals surface area contributed by atoms with Crippen molar-refractivity contribution in [2.75, 3.05) is 5.32 Å². The van der Waals surface area contributed by atoms with E-state index in [4.69, 9.17) is 23.2 Å². The van der Waals surface area contributed by atoms with E-state index in [2.05, 4.69) is 15.5 Å². The van der Waals surface area contributed by atoms with Crippen molar-refractivity contribution in [2.24, 2.45) is 0 Å². The van der Waals surface area contributed by atoms with Crippen molar-refractivity contribution in [3.8, 4) is 0 Å². The van der Waals surface area contributed by atoms with Gasteiger partial charge in [0.25, 0.3) is 0 Å². The van der Waals surface area contributed by atoms with E-state index in [0.717, 1.165) is 45.4 Å². The van der Waals surface area contributed by atoms with Crippen LogP contribution >= 0.6 is 23.2 Å². The largest absolute Gasteiger partial charge is 0.358 e. The van der Waals surface area contributed by atoms with E-state index < -0.39 is 0 Å². The number of anilines is 1. The maximum atomic E-state index is 12.6. The van der Waals surface area contributed by atoms with Gasteiger partial charge in [-0.15, -0.1) is 0 Å². The number of carbonyl (C=O) groups is 1. The van der Waals surface area contributed by atoms with Crippen LogP contribution in [-0.4, -0.2) is 16.0 Å². The molecule has 1 aliphatic heterocycles. The molecular weight excluding hydrogens is 357 g/mol. The number of hydrogen-bond donors (Lipinski definition) is 2. The summed E-state index contributed by atoms with van der Waals surface area (Å²) in [6.07, 6.45) is 3.07. The van der Waals surface area contributed by atoms with Crippen LogP contribution in [0.2, 0.25) is 10.0 Å². The third-order valence-electron chi connectivity index (χ3n) is 5.03. The fourth-order valence-electron chi connectivity index (χ4n) is 3.92. The number of allylic oxidation sites excluding steroid dienone is 2. The van der Waals surface area contributed by atoms with Gasteiger partial charge in [-0.05, 0) is 36.2 Å². The number of Topliss-reactive ketones (excluding diaryl/α,β-unsaturated/α-hetero) is 1. The Morgan fingerprint density at radius 2 is 1.96 bits per heavy atom. The molecule has 1 atom stereocenters. The van der Waals surface area contributed by atoms with Crippen molar-refractivity contribution in [3.63, 3.8) is 0 Å². The van der Waals surface area contributed by atoms with Crippen LogP contribution in [0.25, 0.3) is 10.9 Å².